The number of aryl methyl sites for hydroxylation is 1. The highest BCUT2D eigenvalue weighted by Crippen LogP contribution is 2.34. The maximum absolute atomic E-state index is 13.3. The minimum atomic E-state index is -0.516. The van der Waals surface area contributed by atoms with Crippen molar-refractivity contribution in [3.63, 3.8) is 0 Å². The first-order valence-corrected chi connectivity index (χ1v) is 9.98. The SMILES string of the molecule is Cc1ccc(-c2cc3[nH]c(=O)n(-c4cncc5ccccc45)c(=O)c3s2)c(Cl)n1. The van der Waals surface area contributed by atoms with Gasteiger partial charge in [-0.15, -0.1) is 11.3 Å². The lowest BCUT2D eigenvalue weighted by Gasteiger charge is -2.07. The number of fused-ring (bicyclic) bond motifs is 2. The second kappa shape index (κ2) is 6.65. The molecule has 0 amide bonds. The fraction of sp³-hybridized carbons (Fsp3) is 0.0476. The van der Waals surface area contributed by atoms with Crippen LogP contribution in [0.5, 0.6) is 0 Å². The van der Waals surface area contributed by atoms with E-state index >= 15 is 0 Å². The van der Waals surface area contributed by atoms with Crippen LogP contribution < -0.4 is 11.2 Å². The number of nitrogens with zero attached hydrogens (tertiary/aromatic N) is 3. The van der Waals surface area contributed by atoms with Crippen LogP contribution in [0.25, 0.3) is 37.1 Å². The number of hydrogen-bond acceptors (Lipinski definition) is 5. The van der Waals surface area contributed by atoms with Crippen molar-refractivity contribution in [2.45, 2.75) is 6.92 Å². The zero-order valence-electron chi connectivity index (χ0n) is 15.1. The first kappa shape index (κ1) is 17.8. The quantitative estimate of drug-likeness (QED) is 0.431. The van der Waals surface area contributed by atoms with Crippen LogP contribution >= 0.6 is 22.9 Å². The number of H-pyrrole nitrogens is 1. The summed E-state index contributed by atoms with van der Waals surface area (Å²) in [5, 5.41) is 1.98. The van der Waals surface area contributed by atoms with Crippen LogP contribution in [0.15, 0.2) is 64.4 Å². The molecule has 0 atom stereocenters. The molecule has 0 saturated heterocycles. The third kappa shape index (κ3) is 2.86. The van der Waals surface area contributed by atoms with Crippen molar-refractivity contribution >= 4 is 43.9 Å². The second-order valence-corrected chi connectivity index (χ2v) is 8.01. The molecule has 0 bridgehead atoms. The Morgan fingerprint density at radius 3 is 2.76 bits per heavy atom. The molecule has 0 radical (unpaired) electrons. The zero-order valence-corrected chi connectivity index (χ0v) is 16.7. The van der Waals surface area contributed by atoms with Gasteiger partial charge in [0.25, 0.3) is 5.56 Å². The largest absolute Gasteiger partial charge is 0.333 e. The number of hydrogen-bond donors (Lipinski definition) is 1. The van der Waals surface area contributed by atoms with Crippen LogP contribution in [-0.2, 0) is 0 Å². The summed E-state index contributed by atoms with van der Waals surface area (Å²) in [6.45, 7) is 1.86. The minimum absolute atomic E-state index is 0.359. The molecular weight excluding hydrogens is 408 g/mol. The molecule has 5 aromatic rings. The van der Waals surface area contributed by atoms with Crippen molar-refractivity contribution < 1.29 is 0 Å². The lowest BCUT2D eigenvalue weighted by atomic mass is 10.1. The van der Waals surface area contributed by atoms with E-state index in [0.717, 1.165) is 31.5 Å². The highest BCUT2D eigenvalue weighted by Gasteiger charge is 2.17. The van der Waals surface area contributed by atoms with Gasteiger partial charge in [-0.05, 0) is 25.1 Å². The van der Waals surface area contributed by atoms with Crippen LogP contribution in [0.2, 0.25) is 5.15 Å². The summed E-state index contributed by atoms with van der Waals surface area (Å²) in [4.78, 5) is 38.1. The normalized spacial score (nSPS) is 11.4. The number of aromatic amines is 1. The molecule has 0 fully saturated rings. The Bertz CT molecular complexity index is 1530. The number of halogens is 1. The van der Waals surface area contributed by atoms with E-state index in [1.807, 2.05) is 43.3 Å². The van der Waals surface area contributed by atoms with Crippen LogP contribution in [0, 0.1) is 6.92 Å². The van der Waals surface area contributed by atoms with E-state index in [2.05, 4.69) is 15.0 Å². The average molecular weight is 421 g/mol. The fourth-order valence-corrected chi connectivity index (χ4v) is 4.77. The van der Waals surface area contributed by atoms with E-state index in [1.54, 1.807) is 12.3 Å². The topological polar surface area (TPSA) is 80.6 Å². The molecule has 0 saturated carbocycles. The molecule has 0 aliphatic heterocycles. The molecular formula is C21H13ClN4O2S. The predicted molar refractivity (Wildman–Crippen MR) is 116 cm³/mol. The van der Waals surface area contributed by atoms with E-state index in [9.17, 15) is 9.59 Å². The summed E-state index contributed by atoms with van der Waals surface area (Å²) in [5.74, 6) is 0. The molecule has 8 heteroatoms. The van der Waals surface area contributed by atoms with Gasteiger partial charge in [0.1, 0.15) is 9.85 Å². The number of pyridine rings is 2. The van der Waals surface area contributed by atoms with E-state index in [4.69, 9.17) is 11.6 Å². The van der Waals surface area contributed by atoms with Gasteiger partial charge >= 0.3 is 5.69 Å². The molecule has 6 nitrogen and oxygen atoms in total. The van der Waals surface area contributed by atoms with Gasteiger partial charge in [0, 0.05) is 33.1 Å². The lowest BCUT2D eigenvalue weighted by Crippen LogP contribution is -2.33. The van der Waals surface area contributed by atoms with Crippen LogP contribution in [0.4, 0.5) is 0 Å². The number of thiophene rings is 1. The molecule has 4 heterocycles. The van der Waals surface area contributed by atoms with Gasteiger partial charge in [0.05, 0.1) is 17.4 Å². The molecule has 0 aliphatic carbocycles. The molecule has 0 spiro atoms. The Kier molecular flexibility index (Phi) is 4.08. The molecule has 0 unspecified atom stereocenters. The highest BCUT2D eigenvalue weighted by atomic mass is 35.5. The molecule has 5 rings (SSSR count). The van der Waals surface area contributed by atoms with Gasteiger partial charge in [0.2, 0.25) is 0 Å². The van der Waals surface area contributed by atoms with E-state index < -0.39 is 11.2 Å². The number of rotatable bonds is 2. The summed E-state index contributed by atoms with van der Waals surface area (Å²) in [5.41, 5.74) is 1.53. The Balaban J connectivity index is 1.79. The minimum Gasteiger partial charge on any atom is -0.306 e. The van der Waals surface area contributed by atoms with Gasteiger partial charge in [-0.1, -0.05) is 35.9 Å². The van der Waals surface area contributed by atoms with Crippen molar-refractivity contribution in [2.24, 2.45) is 0 Å². The van der Waals surface area contributed by atoms with Crippen LogP contribution in [-0.4, -0.2) is 19.5 Å². The zero-order chi connectivity index (χ0) is 20.1. The number of benzene rings is 1. The van der Waals surface area contributed by atoms with Gasteiger partial charge < -0.3 is 4.98 Å². The Morgan fingerprint density at radius 2 is 1.93 bits per heavy atom. The smallest absolute Gasteiger partial charge is 0.306 e. The third-order valence-electron chi connectivity index (χ3n) is 4.72. The van der Waals surface area contributed by atoms with Crippen molar-refractivity contribution in [3.8, 4) is 16.1 Å². The van der Waals surface area contributed by atoms with E-state index in [1.165, 1.54) is 17.5 Å². The van der Waals surface area contributed by atoms with Crippen molar-refractivity contribution in [1.29, 1.82) is 0 Å². The lowest BCUT2D eigenvalue weighted by molar-refractivity contribution is 0.905. The van der Waals surface area contributed by atoms with Crippen molar-refractivity contribution in [3.05, 3.63) is 86.5 Å². The summed E-state index contributed by atoms with van der Waals surface area (Å²) < 4.78 is 1.57. The summed E-state index contributed by atoms with van der Waals surface area (Å²) in [7, 11) is 0. The molecule has 0 aliphatic rings. The van der Waals surface area contributed by atoms with Crippen molar-refractivity contribution in [2.75, 3.05) is 0 Å². The van der Waals surface area contributed by atoms with E-state index in [0.29, 0.717) is 21.1 Å². The Hall–Kier alpha value is -3.29. The summed E-state index contributed by atoms with van der Waals surface area (Å²) >= 11 is 7.56. The first-order chi connectivity index (χ1) is 14.0. The Labute approximate surface area is 173 Å². The van der Waals surface area contributed by atoms with Gasteiger partial charge in [0.15, 0.2) is 0 Å². The standard InChI is InChI=1S/C21H13ClN4O2S/c1-11-6-7-14(19(22)24-11)17-8-15-18(29-17)20(27)26(21(28)25-15)16-10-23-9-12-4-2-3-5-13(12)16/h2-10H,1H3,(H,25,28). The van der Waals surface area contributed by atoms with Crippen molar-refractivity contribution in [1.82, 2.24) is 19.5 Å². The highest BCUT2D eigenvalue weighted by molar-refractivity contribution is 7.22. The maximum atomic E-state index is 13.3. The number of aromatic nitrogens is 4. The van der Waals surface area contributed by atoms with Crippen LogP contribution in [0.3, 0.4) is 0 Å². The average Bonchev–Trinajstić information content (AvgIpc) is 3.12. The molecule has 142 valence electrons. The van der Waals surface area contributed by atoms with E-state index in [-0.39, 0.29) is 0 Å². The van der Waals surface area contributed by atoms with Crippen LogP contribution in [0.1, 0.15) is 5.69 Å². The summed E-state index contributed by atoms with van der Waals surface area (Å²) in [6.07, 6.45) is 3.23. The first-order valence-electron chi connectivity index (χ1n) is 8.78. The molecule has 29 heavy (non-hydrogen) atoms. The van der Waals surface area contributed by atoms with Gasteiger partial charge in [-0.3, -0.25) is 9.78 Å². The maximum Gasteiger partial charge on any atom is 0.333 e. The molecule has 1 N–H and O–H groups in total. The molecule has 1 aromatic carbocycles. The van der Waals surface area contributed by atoms with Gasteiger partial charge in [-0.25, -0.2) is 14.3 Å². The van der Waals surface area contributed by atoms with Gasteiger partial charge in [-0.2, -0.15) is 0 Å². The fourth-order valence-electron chi connectivity index (χ4n) is 3.35. The molecule has 4 aromatic heterocycles. The number of nitrogens with one attached hydrogen (secondary N) is 1. The summed E-state index contributed by atoms with van der Waals surface area (Å²) in [6, 6.07) is 13.0. The Morgan fingerprint density at radius 1 is 1.10 bits per heavy atom. The third-order valence-corrected chi connectivity index (χ3v) is 6.16. The second-order valence-electron chi connectivity index (χ2n) is 6.59. The predicted octanol–water partition coefficient (Wildman–Crippen LogP) is 4.31. The monoisotopic (exact) mass is 420 g/mol.